The minimum atomic E-state index is 0. The molecular formula is C29H52BrN. The highest BCUT2D eigenvalue weighted by Gasteiger charge is 2.06. The van der Waals surface area contributed by atoms with Gasteiger partial charge in [-0.2, -0.15) is 0 Å². The average molecular weight is 495 g/mol. The molecule has 1 rings (SSSR count). The number of pyridine rings is 1. The second kappa shape index (κ2) is 24.0. The fraction of sp³-hybridized carbons (Fsp3) is 0.759. The van der Waals surface area contributed by atoms with Crippen LogP contribution in [0.4, 0.5) is 0 Å². The number of aryl methyl sites for hydroxylation is 1. The van der Waals surface area contributed by atoms with Gasteiger partial charge in [-0.05, 0) is 18.8 Å². The van der Waals surface area contributed by atoms with Crippen LogP contribution in [0.15, 0.2) is 43.2 Å². The van der Waals surface area contributed by atoms with E-state index in [1.807, 2.05) is 0 Å². The molecule has 0 N–H and O–H groups in total. The molecule has 2 heteroatoms. The van der Waals surface area contributed by atoms with E-state index in [1.54, 1.807) is 0 Å². The number of hydrogen-bond acceptors (Lipinski definition) is 0. The third kappa shape index (κ3) is 19.8. The highest BCUT2D eigenvalue weighted by Crippen LogP contribution is 2.18. The van der Waals surface area contributed by atoms with Crippen molar-refractivity contribution in [3.63, 3.8) is 0 Å². The van der Waals surface area contributed by atoms with Gasteiger partial charge in [-0.1, -0.05) is 122 Å². The molecule has 1 unspecified atom stereocenters. The van der Waals surface area contributed by atoms with Crippen LogP contribution in [0.1, 0.15) is 129 Å². The molecule has 0 saturated carbocycles. The molecule has 180 valence electrons. The van der Waals surface area contributed by atoms with Crippen LogP contribution in [0.3, 0.4) is 0 Å². The normalized spacial score (nSPS) is 11.8. The lowest BCUT2D eigenvalue weighted by molar-refractivity contribution is -0.697. The lowest BCUT2D eigenvalue weighted by Crippen LogP contribution is -3.00. The third-order valence-electron chi connectivity index (χ3n) is 6.53. The minimum Gasteiger partial charge on any atom is -1.00 e. The summed E-state index contributed by atoms with van der Waals surface area (Å²) in [6.45, 7) is 7.50. The van der Waals surface area contributed by atoms with Gasteiger partial charge in [0.1, 0.15) is 6.54 Å². The van der Waals surface area contributed by atoms with Crippen LogP contribution in [0, 0.1) is 5.92 Å². The van der Waals surface area contributed by atoms with Crippen LogP contribution in [-0.2, 0) is 6.54 Å². The Morgan fingerprint density at radius 3 is 1.48 bits per heavy atom. The largest absolute Gasteiger partial charge is 1.00 e. The van der Waals surface area contributed by atoms with E-state index in [0.717, 1.165) is 6.54 Å². The number of unbranched alkanes of at least 4 members (excludes halogenated alkanes) is 15. The summed E-state index contributed by atoms with van der Waals surface area (Å²) in [7, 11) is 0. The van der Waals surface area contributed by atoms with Crippen LogP contribution in [0.2, 0.25) is 0 Å². The summed E-state index contributed by atoms with van der Waals surface area (Å²) in [5, 5.41) is 0. The van der Waals surface area contributed by atoms with E-state index >= 15 is 0 Å². The maximum atomic E-state index is 4.07. The molecule has 0 amide bonds. The van der Waals surface area contributed by atoms with Crippen LogP contribution < -0.4 is 21.5 Å². The van der Waals surface area contributed by atoms with Crippen molar-refractivity contribution >= 4 is 0 Å². The van der Waals surface area contributed by atoms with Gasteiger partial charge < -0.3 is 17.0 Å². The first-order valence-corrected chi connectivity index (χ1v) is 13.4. The van der Waals surface area contributed by atoms with Gasteiger partial charge in [0, 0.05) is 18.6 Å². The summed E-state index contributed by atoms with van der Waals surface area (Å²) in [6.07, 6.45) is 33.5. The Balaban J connectivity index is 0.00000900. The van der Waals surface area contributed by atoms with E-state index in [9.17, 15) is 0 Å². The van der Waals surface area contributed by atoms with Crippen molar-refractivity contribution < 1.29 is 21.5 Å². The molecule has 0 aliphatic rings. The molecule has 0 spiro atoms. The zero-order valence-electron chi connectivity index (χ0n) is 20.7. The summed E-state index contributed by atoms with van der Waals surface area (Å²) < 4.78 is 2.29. The number of hydrogen-bond donors (Lipinski definition) is 0. The van der Waals surface area contributed by atoms with E-state index < -0.39 is 0 Å². The van der Waals surface area contributed by atoms with Gasteiger partial charge in [-0.25, -0.2) is 4.57 Å². The van der Waals surface area contributed by atoms with Crippen LogP contribution >= 0.6 is 0 Å². The highest BCUT2D eigenvalue weighted by atomic mass is 79.9. The SMILES string of the molecule is C=CC(CCCCCCCCCCCCCCCCCC)CCC[n+]1ccccc1.[Br-]. The molecule has 0 radical (unpaired) electrons. The molecule has 0 aliphatic carbocycles. The monoisotopic (exact) mass is 493 g/mol. The molecule has 0 saturated heterocycles. The van der Waals surface area contributed by atoms with Gasteiger partial charge in [0.2, 0.25) is 0 Å². The average Bonchev–Trinajstić information content (AvgIpc) is 2.78. The fourth-order valence-electron chi connectivity index (χ4n) is 4.45. The van der Waals surface area contributed by atoms with Gasteiger partial charge in [-0.3, -0.25) is 0 Å². The molecular weight excluding hydrogens is 442 g/mol. The maximum Gasteiger partial charge on any atom is 0.168 e. The van der Waals surface area contributed by atoms with E-state index in [2.05, 4.69) is 54.7 Å². The molecule has 0 fully saturated rings. The van der Waals surface area contributed by atoms with Gasteiger partial charge >= 0.3 is 0 Å². The predicted molar refractivity (Wildman–Crippen MR) is 134 cm³/mol. The quantitative estimate of drug-likeness (QED) is 0.102. The van der Waals surface area contributed by atoms with E-state index in [1.165, 1.54) is 122 Å². The fourth-order valence-corrected chi connectivity index (χ4v) is 4.45. The minimum absolute atomic E-state index is 0. The topological polar surface area (TPSA) is 3.88 Å². The summed E-state index contributed by atoms with van der Waals surface area (Å²) >= 11 is 0. The van der Waals surface area contributed by atoms with Crippen molar-refractivity contribution in [1.29, 1.82) is 0 Å². The molecule has 0 aromatic carbocycles. The summed E-state index contributed by atoms with van der Waals surface area (Å²) in [6, 6.07) is 6.31. The zero-order chi connectivity index (χ0) is 21.5. The standard InChI is InChI=1S/C29H52N.BrH/c1-3-5-6-7-8-9-10-11-12-13-14-15-16-17-18-20-24-29(4-2)25-23-28-30-26-21-19-22-27-30;/h4,19,21-22,26-27,29H,2-3,5-18,20,23-25,28H2,1H3;1H/q+1;/p-1. The van der Waals surface area contributed by atoms with Crippen molar-refractivity contribution in [3.05, 3.63) is 43.2 Å². The second-order valence-electron chi connectivity index (χ2n) is 9.34. The van der Waals surface area contributed by atoms with Gasteiger partial charge in [0.25, 0.3) is 0 Å². The summed E-state index contributed by atoms with van der Waals surface area (Å²) in [4.78, 5) is 0. The zero-order valence-corrected chi connectivity index (χ0v) is 22.3. The number of aromatic nitrogens is 1. The smallest absolute Gasteiger partial charge is 0.168 e. The molecule has 0 bridgehead atoms. The van der Waals surface area contributed by atoms with Crippen LogP contribution in [0.5, 0.6) is 0 Å². The number of rotatable bonds is 22. The van der Waals surface area contributed by atoms with Crippen LogP contribution in [-0.4, -0.2) is 0 Å². The van der Waals surface area contributed by atoms with Gasteiger partial charge in [0.15, 0.2) is 12.4 Å². The van der Waals surface area contributed by atoms with Crippen LogP contribution in [0.25, 0.3) is 0 Å². The van der Waals surface area contributed by atoms with Crippen molar-refractivity contribution in [1.82, 2.24) is 0 Å². The maximum absolute atomic E-state index is 4.07. The lowest BCUT2D eigenvalue weighted by Gasteiger charge is -2.11. The van der Waals surface area contributed by atoms with Crippen molar-refractivity contribution in [2.45, 2.75) is 135 Å². The number of halogens is 1. The number of allylic oxidation sites excluding steroid dienone is 1. The Hall–Kier alpha value is -0.630. The van der Waals surface area contributed by atoms with Gasteiger partial charge in [0.05, 0.1) is 0 Å². The third-order valence-corrected chi connectivity index (χ3v) is 6.53. The summed E-state index contributed by atoms with van der Waals surface area (Å²) in [5.74, 6) is 0.709. The molecule has 0 aliphatic heterocycles. The predicted octanol–water partition coefficient (Wildman–Crippen LogP) is 6.21. The van der Waals surface area contributed by atoms with Gasteiger partial charge in [-0.15, -0.1) is 6.58 Å². The van der Waals surface area contributed by atoms with E-state index in [0.29, 0.717) is 5.92 Å². The van der Waals surface area contributed by atoms with Crippen molar-refractivity contribution in [3.8, 4) is 0 Å². The Morgan fingerprint density at radius 2 is 1.03 bits per heavy atom. The van der Waals surface area contributed by atoms with E-state index in [4.69, 9.17) is 0 Å². The Kier molecular flexibility index (Phi) is 23.5. The summed E-state index contributed by atoms with van der Waals surface area (Å²) in [5.41, 5.74) is 0. The van der Waals surface area contributed by atoms with E-state index in [-0.39, 0.29) is 17.0 Å². The molecule has 1 aromatic rings. The van der Waals surface area contributed by atoms with Crippen molar-refractivity contribution in [2.75, 3.05) is 0 Å². The molecule has 1 aromatic heterocycles. The molecule has 1 nitrogen and oxygen atoms in total. The Labute approximate surface area is 205 Å². The molecule has 31 heavy (non-hydrogen) atoms. The molecule has 1 atom stereocenters. The first kappa shape index (κ1) is 30.4. The molecule has 1 heterocycles. The Morgan fingerprint density at radius 1 is 0.613 bits per heavy atom. The number of nitrogens with zero attached hydrogens (tertiary/aromatic N) is 1. The second-order valence-corrected chi connectivity index (χ2v) is 9.34. The first-order valence-electron chi connectivity index (χ1n) is 13.4. The van der Waals surface area contributed by atoms with Crippen molar-refractivity contribution in [2.24, 2.45) is 5.92 Å². The Bertz CT molecular complexity index is 473. The highest BCUT2D eigenvalue weighted by molar-refractivity contribution is 4.83. The lowest BCUT2D eigenvalue weighted by atomic mass is 9.95. The first-order chi connectivity index (χ1) is 14.9.